The Morgan fingerprint density at radius 3 is 2.61 bits per heavy atom. The Balaban J connectivity index is 2.09. The van der Waals surface area contributed by atoms with E-state index in [1.807, 2.05) is 56.4 Å². The number of rotatable bonds is 5. The van der Waals surface area contributed by atoms with Crippen LogP contribution in [-0.4, -0.2) is 25.0 Å². The third-order valence-electron chi connectivity index (χ3n) is 3.84. The Labute approximate surface area is 138 Å². The highest BCUT2D eigenvalue weighted by Crippen LogP contribution is 2.21. The van der Waals surface area contributed by atoms with Gasteiger partial charge in [0.15, 0.2) is 0 Å². The van der Waals surface area contributed by atoms with E-state index in [0.29, 0.717) is 6.54 Å². The number of methoxy groups -OCH3 is 1. The second-order valence-electron chi connectivity index (χ2n) is 5.70. The average Bonchev–Trinajstić information content (AvgIpc) is 2.54. The number of ether oxygens (including phenoxy) is 1. The monoisotopic (exact) mass is 309 g/mol. The maximum Gasteiger partial charge on any atom is 0.246 e. The molecule has 3 nitrogen and oxygen atoms in total. The Hall–Kier alpha value is -2.55. The summed E-state index contributed by atoms with van der Waals surface area (Å²) < 4.78 is 5.33. The van der Waals surface area contributed by atoms with Crippen LogP contribution in [0.1, 0.15) is 22.3 Å². The fourth-order valence-electron chi connectivity index (χ4n) is 2.39. The zero-order valence-electron chi connectivity index (χ0n) is 14.2. The minimum atomic E-state index is -0.0307. The predicted octanol–water partition coefficient (Wildman–Crippen LogP) is 3.98. The van der Waals surface area contributed by atoms with E-state index >= 15 is 0 Å². The topological polar surface area (TPSA) is 29.5 Å². The third kappa shape index (κ3) is 4.46. The summed E-state index contributed by atoms with van der Waals surface area (Å²) in [7, 11) is 3.45. The molecule has 0 unspecified atom stereocenters. The van der Waals surface area contributed by atoms with Crippen molar-refractivity contribution in [3.63, 3.8) is 0 Å². The lowest BCUT2D eigenvalue weighted by Gasteiger charge is -2.16. The van der Waals surface area contributed by atoms with Crippen LogP contribution < -0.4 is 4.74 Å². The average molecular weight is 309 g/mol. The van der Waals surface area contributed by atoms with Crippen LogP contribution in [0.3, 0.4) is 0 Å². The molecular weight excluding hydrogens is 286 g/mol. The van der Waals surface area contributed by atoms with Crippen molar-refractivity contribution < 1.29 is 9.53 Å². The van der Waals surface area contributed by atoms with Crippen molar-refractivity contribution in [1.82, 2.24) is 4.90 Å². The van der Waals surface area contributed by atoms with Crippen LogP contribution in [-0.2, 0) is 11.3 Å². The summed E-state index contributed by atoms with van der Waals surface area (Å²) in [5.41, 5.74) is 4.39. The number of benzene rings is 2. The summed E-state index contributed by atoms with van der Waals surface area (Å²) >= 11 is 0. The molecule has 120 valence electrons. The van der Waals surface area contributed by atoms with Gasteiger partial charge in [0.25, 0.3) is 0 Å². The molecule has 3 heteroatoms. The van der Waals surface area contributed by atoms with Crippen LogP contribution in [0.15, 0.2) is 48.5 Å². The first-order valence-electron chi connectivity index (χ1n) is 7.63. The number of hydrogen-bond acceptors (Lipinski definition) is 2. The standard InChI is InChI=1S/C20H23NO2/c1-15-9-11-19(23-4)17(13-15)10-12-20(22)21(3)14-18-8-6-5-7-16(18)2/h5-13H,14H2,1-4H3/b12-10+. The van der Waals surface area contributed by atoms with E-state index in [2.05, 4.69) is 13.0 Å². The highest BCUT2D eigenvalue weighted by molar-refractivity contribution is 5.92. The number of hydrogen-bond donors (Lipinski definition) is 0. The van der Waals surface area contributed by atoms with E-state index < -0.39 is 0 Å². The molecule has 2 aromatic rings. The van der Waals surface area contributed by atoms with Gasteiger partial charge in [-0.1, -0.05) is 35.9 Å². The smallest absolute Gasteiger partial charge is 0.246 e. The van der Waals surface area contributed by atoms with Crippen LogP contribution in [0.2, 0.25) is 0 Å². The Kier molecular flexibility index (Phi) is 5.58. The SMILES string of the molecule is COc1ccc(C)cc1/C=C/C(=O)N(C)Cc1ccccc1C. The molecular formula is C20H23NO2. The lowest BCUT2D eigenvalue weighted by atomic mass is 10.1. The van der Waals surface area contributed by atoms with E-state index in [-0.39, 0.29) is 5.91 Å². The lowest BCUT2D eigenvalue weighted by molar-refractivity contribution is -0.125. The maximum atomic E-state index is 12.3. The van der Waals surface area contributed by atoms with E-state index in [9.17, 15) is 4.79 Å². The minimum absolute atomic E-state index is 0.0307. The molecule has 0 spiro atoms. The van der Waals surface area contributed by atoms with Crippen LogP contribution in [0, 0.1) is 13.8 Å². The highest BCUT2D eigenvalue weighted by Gasteiger charge is 2.08. The van der Waals surface area contributed by atoms with Gasteiger partial charge in [0, 0.05) is 25.2 Å². The summed E-state index contributed by atoms with van der Waals surface area (Å²) in [6.07, 6.45) is 3.40. The second kappa shape index (κ2) is 7.63. The van der Waals surface area contributed by atoms with E-state index in [1.54, 1.807) is 18.1 Å². The fourth-order valence-corrected chi connectivity index (χ4v) is 2.39. The summed E-state index contributed by atoms with van der Waals surface area (Å²) in [5, 5.41) is 0. The molecule has 0 atom stereocenters. The number of likely N-dealkylation sites (N-methyl/N-ethyl adjacent to an activating group) is 1. The van der Waals surface area contributed by atoms with Crippen LogP contribution in [0.5, 0.6) is 5.75 Å². The maximum absolute atomic E-state index is 12.3. The van der Waals surface area contributed by atoms with Crippen molar-refractivity contribution >= 4 is 12.0 Å². The van der Waals surface area contributed by atoms with Crippen LogP contribution in [0.25, 0.3) is 6.08 Å². The molecule has 0 fully saturated rings. The van der Waals surface area contributed by atoms with Crippen LogP contribution in [0.4, 0.5) is 0 Å². The molecule has 0 aliphatic heterocycles. The Morgan fingerprint density at radius 2 is 1.91 bits per heavy atom. The lowest BCUT2D eigenvalue weighted by Crippen LogP contribution is -2.24. The molecule has 0 N–H and O–H groups in total. The van der Waals surface area contributed by atoms with Crippen molar-refractivity contribution in [3.05, 3.63) is 70.8 Å². The zero-order chi connectivity index (χ0) is 16.8. The molecule has 0 saturated heterocycles. The predicted molar refractivity (Wildman–Crippen MR) is 94.4 cm³/mol. The van der Waals surface area contributed by atoms with Gasteiger partial charge in [-0.3, -0.25) is 4.79 Å². The number of nitrogens with zero attached hydrogens (tertiary/aromatic N) is 1. The molecule has 0 bridgehead atoms. The van der Waals surface area contributed by atoms with Crippen molar-refractivity contribution in [1.29, 1.82) is 0 Å². The zero-order valence-corrected chi connectivity index (χ0v) is 14.2. The Bertz CT molecular complexity index is 719. The molecule has 0 aromatic heterocycles. The van der Waals surface area contributed by atoms with E-state index in [0.717, 1.165) is 22.4 Å². The van der Waals surface area contributed by atoms with Gasteiger partial charge in [-0.05, 0) is 43.2 Å². The Morgan fingerprint density at radius 1 is 1.17 bits per heavy atom. The van der Waals surface area contributed by atoms with Crippen molar-refractivity contribution in [2.24, 2.45) is 0 Å². The number of aryl methyl sites for hydroxylation is 2. The molecule has 1 amide bonds. The number of carbonyl (C=O) groups excluding carboxylic acids is 1. The first-order valence-corrected chi connectivity index (χ1v) is 7.63. The summed E-state index contributed by atoms with van der Waals surface area (Å²) in [6.45, 7) is 4.67. The van der Waals surface area contributed by atoms with Gasteiger partial charge < -0.3 is 9.64 Å². The number of amides is 1. The van der Waals surface area contributed by atoms with Gasteiger partial charge in [-0.2, -0.15) is 0 Å². The number of carbonyl (C=O) groups is 1. The van der Waals surface area contributed by atoms with E-state index in [4.69, 9.17) is 4.74 Å². The molecule has 2 aromatic carbocycles. The fraction of sp³-hybridized carbons (Fsp3) is 0.250. The quantitative estimate of drug-likeness (QED) is 0.782. The van der Waals surface area contributed by atoms with Gasteiger partial charge in [-0.25, -0.2) is 0 Å². The van der Waals surface area contributed by atoms with Gasteiger partial charge in [0.05, 0.1) is 7.11 Å². The normalized spacial score (nSPS) is 10.8. The highest BCUT2D eigenvalue weighted by atomic mass is 16.5. The van der Waals surface area contributed by atoms with Crippen molar-refractivity contribution in [3.8, 4) is 5.75 Å². The molecule has 23 heavy (non-hydrogen) atoms. The van der Waals surface area contributed by atoms with Crippen LogP contribution >= 0.6 is 0 Å². The van der Waals surface area contributed by atoms with Gasteiger partial charge in [0.2, 0.25) is 5.91 Å². The van der Waals surface area contributed by atoms with E-state index in [1.165, 1.54) is 5.56 Å². The largest absolute Gasteiger partial charge is 0.496 e. The van der Waals surface area contributed by atoms with Gasteiger partial charge >= 0.3 is 0 Å². The summed E-state index contributed by atoms with van der Waals surface area (Å²) in [6, 6.07) is 14.0. The first kappa shape index (κ1) is 16.8. The third-order valence-corrected chi connectivity index (χ3v) is 3.84. The minimum Gasteiger partial charge on any atom is -0.496 e. The molecule has 0 aliphatic rings. The van der Waals surface area contributed by atoms with Gasteiger partial charge in [-0.15, -0.1) is 0 Å². The van der Waals surface area contributed by atoms with Gasteiger partial charge in [0.1, 0.15) is 5.75 Å². The molecule has 0 radical (unpaired) electrons. The summed E-state index contributed by atoms with van der Waals surface area (Å²) in [4.78, 5) is 14.0. The second-order valence-corrected chi connectivity index (χ2v) is 5.70. The van der Waals surface area contributed by atoms with Crippen molar-refractivity contribution in [2.45, 2.75) is 20.4 Å². The summed E-state index contributed by atoms with van der Waals surface area (Å²) in [5.74, 6) is 0.734. The molecule has 0 heterocycles. The molecule has 0 saturated carbocycles. The first-order chi connectivity index (χ1) is 11.0. The van der Waals surface area contributed by atoms with Crippen molar-refractivity contribution in [2.75, 3.05) is 14.2 Å². The molecule has 2 rings (SSSR count). The molecule has 0 aliphatic carbocycles.